The number of hydrogen-bond acceptors (Lipinski definition) is 9. The Morgan fingerprint density at radius 1 is 0.685 bits per heavy atom. The van der Waals surface area contributed by atoms with Gasteiger partial charge in [-0.2, -0.15) is 0 Å². The Bertz CT molecular complexity index is 1020. The Hall–Kier alpha value is -2.37. The molecule has 0 aliphatic rings. The van der Waals surface area contributed by atoms with E-state index in [1.807, 2.05) is 6.20 Å². The maximum atomic E-state index is 13.0. The molecule has 1 amide bonds. The Morgan fingerprint density at radius 3 is 1.76 bits per heavy atom. The first-order chi connectivity index (χ1) is 26.5. The van der Waals surface area contributed by atoms with Crippen molar-refractivity contribution in [3.8, 4) is 0 Å². The molecule has 0 saturated carbocycles. The first kappa shape index (κ1) is 49.6. The molecule has 11 heteroatoms. The normalized spacial score (nSPS) is 11.9. The largest absolute Gasteiger partial charge is 0.465 e. The monoisotopic (exact) mass is 765 g/mol. The molecule has 0 bridgehead atoms. The maximum Gasteiger partial charge on any atom is 0.305 e. The van der Waals surface area contributed by atoms with Crippen LogP contribution < -0.4 is 5.32 Å². The second-order valence-corrected chi connectivity index (χ2v) is 15.1. The minimum absolute atomic E-state index is 0.0153. The molecule has 0 radical (unpaired) electrons. The van der Waals surface area contributed by atoms with Crippen LogP contribution in [0.1, 0.15) is 186 Å². The second kappa shape index (κ2) is 37.5. The van der Waals surface area contributed by atoms with E-state index in [1.165, 1.54) is 109 Å². The maximum absolute atomic E-state index is 13.0. The number of esters is 1. The van der Waals surface area contributed by atoms with Crippen molar-refractivity contribution in [2.24, 2.45) is 5.92 Å². The molecule has 1 aromatic heterocycles. The minimum atomic E-state index is -0.195. The first-order valence-electron chi connectivity index (χ1n) is 22.1. The van der Waals surface area contributed by atoms with Crippen molar-refractivity contribution in [2.45, 2.75) is 194 Å². The summed E-state index contributed by atoms with van der Waals surface area (Å²) in [4.78, 5) is 38.0. The van der Waals surface area contributed by atoms with Crippen molar-refractivity contribution in [1.82, 2.24) is 20.3 Å². The number of ketones is 1. The number of nitrogens with zero attached hydrogens (tertiary/aromatic N) is 3. The van der Waals surface area contributed by atoms with Crippen molar-refractivity contribution in [3.63, 3.8) is 0 Å². The smallest absolute Gasteiger partial charge is 0.305 e. The van der Waals surface area contributed by atoms with E-state index >= 15 is 0 Å². The molecule has 1 atom stereocenters. The van der Waals surface area contributed by atoms with Gasteiger partial charge in [-0.15, -0.1) is 5.10 Å². The van der Waals surface area contributed by atoms with E-state index in [2.05, 4.69) is 29.5 Å². The fraction of sp³-hybridized carbons (Fsp3) is 0.884. The van der Waals surface area contributed by atoms with Crippen LogP contribution in [-0.2, 0) is 41.6 Å². The number of aliphatic hydroxyl groups is 1. The number of hydrogen-bond donors (Lipinski definition) is 2. The summed E-state index contributed by atoms with van der Waals surface area (Å²) in [7, 11) is 0. The Balaban J connectivity index is 2.44. The van der Waals surface area contributed by atoms with Gasteiger partial charge >= 0.3 is 5.97 Å². The highest BCUT2D eigenvalue weighted by molar-refractivity contribution is 5.78. The van der Waals surface area contributed by atoms with E-state index in [1.54, 1.807) is 4.68 Å². The van der Waals surface area contributed by atoms with Gasteiger partial charge in [0.25, 0.3) is 0 Å². The number of aryl methyl sites for hydroxylation is 1. The van der Waals surface area contributed by atoms with Crippen LogP contribution in [-0.4, -0.2) is 83.9 Å². The number of aliphatic hydroxyl groups excluding tert-OH is 1. The van der Waals surface area contributed by atoms with Gasteiger partial charge in [0.1, 0.15) is 5.78 Å². The average Bonchev–Trinajstić information content (AvgIpc) is 3.62. The SMILES string of the molecule is CCCCCCCCCCCCCC(=O)CC(COC(=O)CCCCCCCCCCCCC)Cn1cc(CCC(=O)NCCOCCOCCO)nn1. The van der Waals surface area contributed by atoms with E-state index in [0.29, 0.717) is 64.3 Å². The van der Waals surface area contributed by atoms with Crippen molar-refractivity contribution >= 4 is 17.7 Å². The summed E-state index contributed by atoms with van der Waals surface area (Å²) in [5, 5.41) is 20.1. The second-order valence-electron chi connectivity index (χ2n) is 15.1. The molecule has 1 heterocycles. The third kappa shape index (κ3) is 31.9. The van der Waals surface area contributed by atoms with E-state index in [4.69, 9.17) is 19.3 Å². The molecule has 2 N–H and O–H groups in total. The zero-order chi connectivity index (χ0) is 39.2. The van der Waals surface area contributed by atoms with Gasteiger partial charge in [-0.3, -0.25) is 19.1 Å². The quantitative estimate of drug-likeness (QED) is 0.0494. The zero-order valence-corrected chi connectivity index (χ0v) is 34.6. The molecule has 0 aliphatic heterocycles. The highest BCUT2D eigenvalue weighted by atomic mass is 16.5. The lowest BCUT2D eigenvalue weighted by Gasteiger charge is -2.16. The summed E-state index contributed by atoms with van der Waals surface area (Å²) in [6.07, 6.45) is 31.1. The first-order valence-corrected chi connectivity index (χ1v) is 22.1. The third-order valence-corrected chi connectivity index (χ3v) is 9.86. The van der Waals surface area contributed by atoms with Crippen LogP contribution in [0.15, 0.2) is 6.20 Å². The lowest BCUT2D eigenvalue weighted by atomic mass is 9.99. The summed E-state index contributed by atoms with van der Waals surface area (Å²) < 4.78 is 18.0. The standard InChI is InChI=1S/C43H80N4O7/c1-3-5-7-9-11-13-15-17-19-21-23-25-41(49)35-39(38-54-43(51)26-24-22-20-18-16-14-12-10-8-6-4-2)36-47-37-40(45-46-47)27-28-42(50)44-29-31-52-33-34-53-32-30-48/h37,39,48H,3-36,38H2,1-2H3,(H,44,50). The van der Waals surface area contributed by atoms with Gasteiger partial charge in [-0.1, -0.05) is 147 Å². The molecule has 1 unspecified atom stereocenters. The lowest BCUT2D eigenvalue weighted by Crippen LogP contribution is -2.27. The van der Waals surface area contributed by atoms with Crippen molar-refractivity contribution in [2.75, 3.05) is 46.2 Å². The van der Waals surface area contributed by atoms with Crippen LogP contribution in [0.5, 0.6) is 0 Å². The molecule has 0 spiro atoms. The average molecular weight is 765 g/mol. The van der Waals surface area contributed by atoms with Crippen LogP contribution in [0, 0.1) is 5.92 Å². The molecule has 0 aromatic carbocycles. The zero-order valence-electron chi connectivity index (χ0n) is 34.6. The highest BCUT2D eigenvalue weighted by Gasteiger charge is 2.18. The number of ether oxygens (including phenoxy) is 3. The van der Waals surface area contributed by atoms with Gasteiger partial charge < -0.3 is 24.6 Å². The number of carbonyl (C=O) groups is 3. The van der Waals surface area contributed by atoms with Gasteiger partial charge in [0.05, 0.1) is 45.3 Å². The molecular formula is C43H80N4O7. The number of carbonyl (C=O) groups excluding carboxylic acids is 3. The van der Waals surface area contributed by atoms with Crippen LogP contribution >= 0.6 is 0 Å². The summed E-state index contributed by atoms with van der Waals surface area (Å²) >= 11 is 0. The van der Waals surface area contributed by atoms with Crippen molar-refractivity contribution in [3.05, 3.63) is 11.9 Å². The number of unbranched alkanes of at least 4 members (excludes halogenated alkanes) is 20. The van der Waals surface area contributed by atoms with Crippen molar-refractivity contribution < 1.29 is 33.7 Å². The fourth-order valence-electron chi connectivity index (χ4n) is 6.59. The number of aromatic nitrogens is 3. The molecule has 0 aliphatic carbocycles. The fourth-order valence-corrected chi connectivity index (χ4v) is 6.59. The van der Waals surface area contributed by atoms with Gasteiger partial charge in [0.15, 0.2) is 0 Å². The van der Waals surface area contributed by atoms with Gasteiger partial charge in [0.2, 0.25) is 5.91 Å². The Morgan fingerprint density at radius 2 is 1.20 bits per heavy atom. The Labute approximate surface area is 328 Å². The van der Waals surface area contributed by atoms with E-state index < -0.39 is 0 Å². The van der Waals surface area contributed by atoms with E-state index in [9.17, 15) is 14.4 Å². The third-order valence-electron chi connectivity index (χ3n) is 9.86. The van der Waals surface area contributed by atoms with Crippen LogP contribution in [0.2, 0.25) is 0 Å². The summed E-state index contributed by atoms with van der Waals surface area (Å²) in [6, 6.07) is 0. The highest BCUT2D eigenvalue weighted by Crippen LogP contribution is 2.16. The number of Topliss-reactive ketones (excluding diaryl/α,β-unsaturated/α-hetero) is 1. The predicted octanol–water partition coefficient (Wildman–Crippen LogP) is 8.87. The summed E-state index contributed by atoms with van der Waals surface area (Å²) in [5.74, 6) is -0.269. The minimum Gasteiger partial charge on any atom is -0.465 e. The number of nitrogens with one attached hydrogen (secondary N) is 1. The molecule has 1 rings (SSSR count). The van der Waals surface area contributed by atoms with E-state index in [-0.39, 0.29) is 49.8 Å². The van der Waals surface area contributed by atoms with Crippen LogP contribution in [0.3, 0.4) is 0 Å². The molecule has 0 fully saturated rings. The molecule has 54 heavy (non-hydrogen) atoms. The number of amides is 1. The van der Waals surface area contributed by atoms with Crippen molar-refractivity contribution in [1.29, 1.82) is 0 Å². The lowest BCUT2D eigenvalue weighted by molar-refractivity contribution is -0.146. The van der Waals surface area contributed by atoms with Gasteiger partial charge in [-0.05, 0) is 12.8 Å². The predicted molar refractivity (Wildman–Crippen MR) is 216 cm³/mol. The molecular weight excluding hydrogens is 684 g/mol. The number of rotatable bonds is 41. The topological polar surface area (TPSA) is 142 Å². The molecule has 11 nitrogen and oxygen atoms in total. The molecule has 1 aromatic rings. The van der Waals surface area contributed by atoms with E-state index in [0.717, 1.165) is 32.1 Å². The van der Waals surface area contributed by atoms with Gasteiger partial charge in [-0.25, -0.2) is 0 Å². The van der Waals surface area contributed by atoms with Crippen LogP contribution in [0.4, 0.5) is 0 Å². The summed E-state index contributed by atoms with van der Waals surface area (Å²) in [5.41, 5.74) is 0.696. The Kier molecular flexibility index (Phi) is 34.5. The molecule has 314 valence electrons. The van der Waals surface area contributed by atoms with Crippen LogP contribution in [0.25, 0.3) is 0 Å². The summed E-state index contributed by atoms with van der Waals surface area (Å²) in [6.45, 7) is 6.98. The van der Waals surface area contributed by atoms with Gasteiger partial charge in [0, 0.05) is 57.3 Å². The molecule has 0 saturated heterocycles.